The van der Waals surface area contributed by atoms with Gasteiger partial charge in [0.15, 0.2) is 0 Å². The van der Waals surface area contributed by atoms with Crippen molar-refractivity contribution in [1.29, 1.82) is 0 Å². The van der Waals surface area contributed by atoms with Crippen LogP contribution in [0.3, 0.4) is 0 Å². The lowest BCUT2D eigenvalue weighted by Gasteiger charge is -2.70. The van der Waals surface area contributed by atoms with E-state index in [-0.39, 0.29) is 39.5 Å². The lowest BCUT2D eigenvalue weighted by molar-refractivity contribution is -0.212. The Bertz CT molecular complexity index is 1040. The zero-order valence-corrected chi connectivity index (χ0v) is 26.2. The van der Waals surface area contributed by atoms with E-state index in [1.165, 1.54) is 57.1 Å². The largest absolute Gasteiger partial charge is 0.465 e. The molecule has 0 aromatic heterocycles. The molecule has 0 radical (unpaired) electrons. The summed E-state index contributed by atoms with van der Waals surface area (Å²) in [6.07, 6.45) is 10.0. The van der Waals surface area contributed by atoms with E-state index in [9.17, 15) is 9.59 Å². The fraction of sp³-hybridized carbons (Fsp3) is 0.882. The topological polar surface area (TPSA) is 61.8 Å². The number of hydrogen-bond acceptors (Lipinski definition) is 5. The van der Waals surface area contributed by atoms with Crippen LogP contribution >= 0.6 is 0 Å². The molecule has 1 saturated heterocycles. The summed E-state index contributed by atoms with van der Waals surface area (Å²) in [5, 5.41) is 0. The van der Waals surface area contributed by atoms with Gasteiger partial charge in [0, 0.05) is 19.3 Å². The maximum absolute atomic E-state index is 12.2. The number of carbonyl (C=O) groups is 2. The summed E-state index contributed by atoms with van der Waals surface area (Å²) in [5.74, 6) is 1.54. The predicted molar refractivity (Wildman–Crippen MR) is 153 cm³/mol. The minimum absolute atomic E-state index is 0.139. The Morgan fingerprint density at radius 3 is 2.21 bits per heavy atom. The van der Waals surface area contributed by atoms with Crippen LogP contribution in [0.4, 0.5) is 0 Å². The first-order valence-corrected chi connectivity index (χ1v) is 15.7. The summed E-state index contributed by atoms with van der Waals surface area (Å²) < 4.78 is 18.2. The van der Waals surface area contributed by atoms with Gasteiger partial charge >= 0.3 is 11.9 Å². The Kier molecular flexibility index (Phi) is 7.17. The van der Waals surface area contributed by atoms with E-state index < -0.39 is 0 Å². The molecule has 4 aliphatic carbocycles. The normalized spacial score (nSPS) is 45.6. The van der Waals surface area contributed by atoms with E-state index in [4.69, 9.17) is 14.2 Å². The van der Waals surface area contributed by atoms with Crippen molar-refractivity contribution in [1.82, 2.24) is 0 Å². The quantitative estimate of drug-likeness (QED) is 0.266. The van der Waals surface area contributed by atoms with E-state index in [1.54, 1.807) is 0 Å². The number of rotatable bonds is 5. The van der Waals surface area contributed by atoms with Crippen molar-refractivity contribution in [3.8, 4) is 0 Å². The van der Waals surface area contributed by atoms with Gasteiger partial charge in [-0.2, -0.15) is 0 Å². The van der Waals surface area contributed by atoms with Crippen LogP contribution in [0.15, 0.2) is 11.1 Å². The fourth-order valence-corrected chi connectivity index (χ4v) is 10.9. The molecule has 5 aliphatic rings. The summed E-state index contributed by atoms with van der Waals surface area (Å²) in [5.41, 5.74) is 3.30. The van der Waals surface area contributed by atoms with Gasteiger partial charge in [-0.15, -0.1) is 0 Å². The summed E-state index contributed by atoms with van der Waals surface area (Å²) >= 11 is 0. The molecular weight excluding hydrogens is 488 g/mol. The van der Waals surface area contributed by atoms with Gasteiger partial charge < -0.3 is 14.2 Å². The predicted octanol–water partition coefficient (Wildman–Crippen LogP) is 7.52. The molecule has 2 bridgehead atoms. The lowest BCUT2D eigenvalue weighted by Crippen LogP contribution is -2.65. The van der Waals surface area contributed by atoms with Crippen LogP contribution in [0.25, 0.3) is 0 Å². The van der Waals surface area contributed by atoms with Crippen molar-refractivity contribution in [3.63, 3.8) is 0 Å². The third-order valence-corrected chi connectivity index (χ3v) is 13.3. The molecule has 5 nitrogen and oxygen atoms in total. The van der Waals surface area contributed by atoms with E-state index in [2.05, 4.69) is 48.5 Å². The average molecular weight is 543 g/mol. The number of ether oxygens (including phenoxy) is 3. The molecule has 8 atom stereocenters. The summed E-state index contributed by atoms with van der Waals surface area (Å²) in [4.78, 5) is 24.0. The third kappa shape index (κ3) is 4.26. The van der Waals surface area contributed by atoms with Gasteiger partial charge in [-0.1, -0.05) is 54.0 Å². The van der Waals surface area contributed by atoms with E-state index in [1.807, 2.05) is 0 Å². The Morgan fingerprint density at radius 1 is 0.897 bits per heavy atom. The van der Waals surface area contributed by atoms with Crippen molar-refractivity contribution in [2.45, 2.75) is 120 Å². The second kappa shape index (κ2) is 9.60. The van der Waals surface area contributed by atoms with Gasteiger partial charge in [0.2, 0.25) is 0 Å². The smallest absolute Gasteiger partial charge is 0.302 e. The molecular formula is C34H54O5. The highest BCUT2D eigenvalue weighted by atomic mass is 16.5. The van der Waals surface area contributed by atoms with Gasteiger partial charge in [-0.3, -0.25) is 9.59 Å². The number of fused-ring (bicyclic) bond motifs is 3. The van der Waals surface area contributed by atoms with E-state index in [0.29, 0.717) is 42.5 Å². The van der Waals surface area contributed by atoms with Gasteiger partial charge in [0.05, 0.1) is 12.7 Å². The molecule has 220 valence electrons. The van der Waals surface area contributed by atoms with E-state index in [0.717, 1.165) is 25.9 Å². The van der Waals surface area contributed by atoms with Crippen LogP contribution in [0.2, 0.25) is 0 Å². The van der Waals surface area contributed by atoms with Crippen LogP contribution < -0.4 is 0 Å². The van der Waals surface area contributed by atoms with Gasteiger partial charge in [-0.05, 0) is 102 Å². The van der Waals surface area contributed by atoms with Crippen molar-refractivity contribution in [2.24, 2.45) is 50.7 Å². The monoisotopic (exact) mass is 542 g/mol. The van der Waals surface area contributed by atoms with Gasteiger partial charge in [0.25, 0.3) is 0 Å². The Morgan fingerprint density at radius 2 is 1.56 bits per heavy atom. The highest BCUT2D eigenvalue weighted by Gasteiger charge is 2.71. The second-order valence-corrected chi connectivity index (χ2v) is 15.8. The molecule has 0 amide bonds. The second-order valence-electron chi connectivity index (χ2n) is 15.8. The van der Waals surface area contributed by atoms with Crippen molar-refractivity contribution >= 4 is 11.9 Å². The van der Waals surface area contributed by atoms with Crippen LogP contribution in [0, 0.1) is 50.7 Å². The van der Waals surface area contributed by atoms with E-state index >= 15 is 0 Å². The van der Waals surface area contributed by atoms with Crippen molar-refractivity contribution < 1.29 is 23.8 Å². The number of hydrogen-bond donors (Lipinski definition) is 0. The third-order valence-electron chi connectivity index (χ3n) is 13.3. The molecule has 4 saturated carbocycles. The molecule has 5 rings (SSSR count). The van der Waals surface area contributed by atoms with Crippen LogP contribution in [0.5, 0.6) is 0 Å². The first kappa shape index (κ1) is 29.1. The highest BCUT2D eigenvalue weighted by Crippen LogP contribution is 2.76. The standard InChI is InChI=1S/C34H54O5/c1-21(2)24(18-37-22(3)35)25-12-13-33(9)27(31(25,7)19-38-23(4)36)11-10-26-28-29-30(5,6)14-16-34(28,20-39-29)17-15-32(26,33)8/h21,26-29H,10-20H2,1-9H3/b25-24+/t26-,27-,28-,29-,31+,32-,33-,34-/m1/s1. The Balaban J connectivity index is 1.57. The SMILES string of the molecule is CC(=O)OC/C(=C1/CC[C@]2(C)[C@H](CC[C@@H]3[C@@H]4[C@H]5OC[C@@]4(CCC5(C)C)CC[C@]32C)[C@@]1(C)COC(C)=O)C(C)C. The number of carbonyl (C=O) groups excluding carboxylic acids is 2. The first-order chi connectivity index (χ1) is 18.1. The zero-order valence-electron chi connectivity index (χ0n) is 26.2. The first-order valence-electron chi connectivity index (χ1n) is 15.7. The molecule has 0 unspecified atom stereocenters. The Hall–Kier alpha value is -1.36. The van der Waals surface area contributed by atoms with Gasteiger partial charge in [0.1, 0.15) is 13.2 Å². The maximum atomic E-state index is 12.2. The minimum Gasteiger partial charge on any atom is -0.465 e. The minimum atomic E-state index is -0.275. The summed E-state index contributed by atoms with van der Waals surface area (Å²) in [6.45, 7) is 21.6. The van der Waals surface area contributed by atoms with Crippen molar-refractivity contribution in [3.05, 3.63) is 11.1 Å². The molecule has 0 N–H and O–H groups in total. The molecule has 5 fully saturated rings. The summed E-state index contributed by atoms with van der Waals surface area (Å²) in [7, 11) is 0. The molecule has 1 heterocycles. The van der Waals surface area contributed by atoms with Crippen molar-refractivity contribution in [2.75, 3.05) is 19.8 Å². The summed E-state index contributed by atoms with van der Waals surface area (Å²) in [6, 6.07) is 0. The number of esters is 2. The highest BCUT2D eigenvalue weighted by molar-refractivity contribution is 5.66. The molecule has 1 aliphatic heterocycles. The lowest BCUT2D eigenvalue weighted by atomic mass is 9.34. The zero-order chi connectivity index (χ0) is 28.6. The average Bonchev–Trinajstić information content (AvgIpc) is 3.18. The Labute approximate surface area is 237 Å². The molecule has 0 aromatic carbocycles. The fourth-order valence-electron chi connectivity index (χ4n) is 10.9. The molecule has 0 aromatic rings. The molecule has 5 heteroatoms. The maximum Gasteiger partial charge on any atom is 0.302 e. The van der Waals surface area contributed by atoms with Crippen LogP contribution in [-0.4, -0.2) is 37.9 Å². The van der Waals surface area contributed by atoms with Gasteiger partial charge in [-0.25, -0.2) is 0 Å². The van der Waals surface area contributed by atoms with Crippen LogP contribution in [-0.2, 0) is 23.8 Å². The van der Waals surface area contributed by atoms with Crippen LogP contribution in [0.1, 0.15) is 114 Å². The molecule has 0 spiro atoms. The molecule has 39 heavy (non-hydrogen) atoms.